The third-order valence-corrected chi connectivity index (χ3v) is 4.69. The molecule has 9 heteroatoms. The fourth-order valence-electron chi connectivity index (χ4n) is 3.38. The van der Waals surface area contributed by atoms with Gasteiger partial charge < -0.3 is 15.0 Å². The Bertz CT molecular complexity index is 719. The average molecular weight is 401 g/mol. The van der Waals surface area contributed by atoms with E-state index in [4.69, 9.17) is 0 Å². The van der Waals surface area contributed by atoms with Crippen LogP contribution in [0.5, 0.6) is 5.75 Å². The van der Waals surface area contributed by atoms with Gasteiger partial charge in [-0.15, -0.1) is 12.4 Å². The van der Waals surface area contributed by atoms with Crippen LogP contribution in [0.25, 0.3) is 0 Å². The van der Waals surface area contributed by atoms with Crippen LogP contribution in [0.1, 0.15) is 18.4 Å². The van der Waals surface area contributed by atoms with Gasteiger partial charge in [-0.05, 0) is 49.7 Å². The minimum absolute atomic E-state index is 0. The highest BCUT2D eigenvalue weighted by molar-refractivity contribution is 5.85. The minimum Gasteiger partial charge on any atom is -0.435 e. The fourth-order valence-corrected chi connectivity index (χ4v) is 3.38. The minimum atomic E-state index is -2.85. The molecule has 1 aromatic carbocycles. The van der Waals surface area contributed by atoms with Crippen molar-refractivity contribution < 1.29 is 18.3 Å². The summed E-state index contributed by atoms with van der Waals surface area (Å²) in [4.78, 5) is 14.9. The third kappa shape index (κ3) is 4.75. The van der Waals surface area contributed by atoms with Crippen molar-refractivity contribution in [1.82, 2.24) is 20.0 Å². The monoisotopic (exact) mass is 400 g/mol. The normalized spacial score (nSPS) is 15.9. The van der Waals surface area contributed by atoms with E-state index in [0.717, 1.165) is 18.7 Å². The number of benzene rings is 1. The van der Waals surface area contributed by atoms with Gasteiger partial charge in [0.05, 0.1) is 0 Å². The van der Waals surface area contributed by atoms with Crippen molar-refractivity contribution in [3.63, 3.8) is 0 Å². The van der Waals surface area contributed by atoms with E-state index in [1.807, 2.05) is 12.3 Å². The van der Waals surface area contributed by atoms with Crippen molar-refractivity contribution in [1.29, 1.82) is 0 Å². The number of piperidine rings is 1. The van der Waals surface area contributed by atoms with Crippen LogP contribution in [0, 0.1) is 0 Å². The number of aromatic nitrogens is 2. The van der Waals surface area contributed by atoms with Crippen LogP contribution in [0.15, 0.2) is 42.7 Å². The predicted molar refractivity (Wildman–Crippen MR) is 99.1 cm³/mol. The van der Waals surface area contributed by atoms with E-state index in [-0.39, 0.29) is 24.1 Å². The molecule has 0 bridgehead atoms. The zero-order valence-electron chi connectivity index (χ0n) is 15.0. The molecule has 0 spiro atoms. The maximum Gasteiger partial charge on any atom is 0.387 e. The number of carbonyl (C=O) groups excluding carboxylic acids is 1. The number of nitrogens with zero attached hydrogens (tertiary/aromatic N) is 3. The number of ether oxygens (including phenoxy) is 1. The molecule has 1 aliphatic heterocycles. The lowest BCUT2D eigenvalue weighted by Crippen LogP contribution is -2.54. The molecular formula is C18H23ClF2N4O2. The Labute approximate surface area is 162 Å². The Morgan fingerprint density at radius 3 is 2.56 bits per heavy atom. The first-order chi connectivity index (χ1) is 12.5. The van der Waals surface area contributed by atoms with Crippen molar-refractivity contribution in [3.8, 4) is 5.75 Å². The molecule has 0 aliphatic carbocycles. The highest BCUT2D eigenvalue weighted by Crippen LogP contribution is 2.29. The Morgan fingerprint density at radius 1 is 1.33 bits per heavy atom. The number of nitrogens with one attached hydrogen (secondary N) is 1. The van der Waals surface area contributed by atoms with Crippen LogP contribution in [0.4, 0.5) is 8.78 Å². The van der Waals surface area contributed by atoms with Gasteiger partial charge in [0.15, 0.2) is 0 Å². The van der Waals surface area contributed by atoms with E-state index >= 15 is 0 Å². The van der Waals surface area contributed by atoms with Crippen LogP contribution in [-0.2, 0) is 16.9 Å². The molecule has 2 aromatic rings. The first kappa shape index (κ1) is 21.1. The third-order valence-electron chi connectivity index (χ3n) is 4.69. The Balaban J connectivity index is 0.00000261. The van der Waals surface area contributed by atoms with Crippen molar-refractivity contribution in [2.75, 3.05) is 20.1 Å². The van der Waals surface area contributed by atoms with Crippen LogP contribution < -0.4 is 10.1 Å². The lowest BCUT2D eigenvalue weighted by Gasteiger charge is -2.39. The maximum absolute atomic E-state index is 13.2. The zero-order valence-corrected chi connectivity index (χ0v) is 15.8. The standard InChI is InChI=1S/C18H22F2N4O2.ClH/c1-23(13-14-3-5-15(6-4-14)26-17(19)20)16(25)18(7-10-21-11-8-18)24-12-2-9-22-24;/h2-6,9,12,17,21H,7-8,10-11,13H2,1H3;1H. The second-order valence-corrected chi connectivity index (χ2v) is 6.42. The summed E-state index contributed by atoms with van der Waals surface area (Å²) in [5.74, 6) is 0.0969. The van der Waals surface area contributed by atoms with Gasteiger partial charge >= 0.3 is 6.61 Å². The first-order valence-electron chi connectivity index (χ1n) is 8.51. The number of rotatable bonds is 6. The summed E-state index contributed by atoms with van der Waals surface area (Å²) < 4.78 is 30.6. The quantitative estimate of drug-likeness (QED) is 0.809. The van der Waals surface area contributed by atoms with Gasteiger partial charge in [0.2, 0.25) is 0 Å². The molecule has 3 rings (SSSR count). The molecule has 0 atom stereocenters. The lowest BCUT2D eigenvalue weighted by molar-refractivity contribution is -0.142. The van der Waals surface area contributed by atoms with Gasteiger partial charge in [-0.25, -0.2) is 0 Å². The number of halogens is 3. The van der Waals surface area contributed by atoms with E-state index in [2.05, 4.69) is 15.2 Å². The van der Waals surface area contributed by atoms with Gasteiger partial charge in [0, 0.05) is 26.0 Å². The average Bonchev–Trinajstić information content (AvgIpc) is 3.18. The summed E-state index contributed by atoms with van der Waals surface area (Å²) in [6, 6.07) is 8.15. The summed E-state index contributed by atoms with van der Waals surface area (Å²) in [6.45, 7) is -0.971. The summed E-state index contributed by atoms with van der Waals surface area (Å²) in [7, 11) is 1.75. The van der Waals surface area contributed by atoms with Gasteiger partial charge in [0.25, 0.3) is 5.91 Å². The highest BCUT2D eigenvalue weighted by Gasteiger charge is 2.43. The molecule has 1 N–H and O–H groups in total. The maximum atomic E-state index is 13.2. The smallest absolute Gasteiger partial charge is 0.387 e. The molecule has 0 radical (unpaired) electrons. The molecule has 1 aliphatic rings. The lowest BCUT2D eigenvalue weighted by atomic mass is 9.86. The van der Waals surface area contributed by atoms with Crippen molar-refractivity contribution in [2.45, 2.75) is 31.5 Å². The van der Waals surface area contributed by atoms with Crippen LogP contribution >= 0.6 is 12.4 Å². The molecule has 1 aromatic heterocycles. The molecule has 148 valence electrons. The molecule has 0 saturated carbocycles. The summed E-state index contributed by atoms with van der Waals surface area (Å²) >= 11 is 0. The number of alkyl halides is 2. The number of hydrogen-bond donors (Lipinski definition) is 1. The molecular weight excluding hydrogens is 378 g/mol. The van der Waals surface area contributed by atoms with Crippen molar-refractivity contribution >= 4 is 18.3 Å². The first-order valence-corrected chi connectivity index (χ1v) is 8.51. The van der Waals surface area contributed by atoms with Crippen LogP contribution in [0.3, 0.4) is 0 Å². The van der Waals surface area contributed by atoms with E-state index in [9.17, 15) is 13.6 Å². The van der Waals surface area contributed by atoms with Crippen molar-refractivity contribution in [2.24, 2.45) is 0 Å². The summed E-state index contributed by atoms with van der Waals surface area (Å²) in [5, 5.41) is 7.60. The Kier molecular flexibility index (Phi) is 7.15. The van der Waals surface area contributed by atoms with E-state index in [0.29, 0.717) is 19.4 Å². The number of hydrogen-bond acceptors (Lipinski definition) is 4. The van der Waals surface area contributed by atoms with Gasteiger partial charge in [-0.2, -0.15) is 13.9 Å². The van der Waals surface area contributed by atoms with Crippen molar-refractivity contribution in [3.05, 3.63) is 48.3 Å². The molecule has 6 nitrogen and oxygen atoms in total. The van der Waals surface area contributed by atoms with E-state index in [1.54, 1.807) is 35.0 Å². The summed E-state index contributed by atoms with van der Waals surface area (Å²) in [6.07, 6.45) is 4.84. The summed E-state index contributed by atoms with van der Waals surface area (Å²) in [5.41, 5.74) is 0.148. The Morgan fingerprint density at radius 2 is 2.00 bits per heavy atom. The second-order valence-electron chi connectivity index (χ2n) is 6.42. The molecule has 1 saturated heterocycles. The second kappa shape index (κ2) is 9.14. The van der Waals surface area contributed by atoms with E-state index in [1.165, 1.54) is 12.1 Å². The predicted octanol–water partition coefficient (Wildman–Crippen LogP) is 2.64. The highest BCUT2D eigenvalue weighted by atomic mass is 35.5. The van der Waals surface area contributed by atoms with Crippen LogP contribution in [0.2, 0.25) is 0 Å². The number of likely N-dealkylation sites (N-methyl/N-ethyl adjacent to an activating group) is 1. The fraction of sp³-hybridized carbons (Fsp3) is 0.444. The van der Waals surface area contributed by atoms with E-state index < -0.39 is 12.2 Å². The SMILES string of the molecule is CN(Cc1ccc(OC(F)F)cc1)C(=O)C1(n2cccn2)CCNCC1.Cl. The van der Waals surface area contributed by atoms with Gasteiger partial charge in [-0.1, -0.05) is 12.1 Å². The topological polar surface area (TPSA) is 59.4 Å². The molecule has 27 heavy (non-hydrogen) atoms. The molecule has 1 amide bonds. The number of amides is 1. The van der Waals surface area contributed by atoms with Gasteiger partial charge in [-0.3, -0.25) is 9.48 Å². The molecule has 2 heterocycles. The molecule has 0 unspecified atom stereocenters. The van der Waals surface area contributed by atoms with Crippen LogP contribution in [-0.4, -0.2) is 47.3 Å². The molecule has 1 fully saturated rings. The zero-order chi connectivity index (χ0) is 18.6. The number of carbonyl (C=O) groups is 1. The largest absolute Gasteiger partial charge is 0.435 e. The Hall–Kier alpha value is -2.19. The van der Waals surface area contributed by atoms with Gasteiger partial charge in [0.1, 0.15) is 11.3 Å².